The van der Waals surface area contributed by atoms with Crippen LogP contribution < -0.4 is 19.7 Å². The molecule has 3 rings (SSSR count). The van der Waals surface area contributed by atoms with Crippen LogP contribution in [0.3, 0.4) is 0 Å². The average Bonchev–Trinajstić information content (AvgIpc) is 2.81. The van der Waals surface area contributed by atoms with Gasteiger partial charge in [-0.05, 0) is 73.2 Å². The van der Waals surface area contributed by atoms with Crippen LogP contribution in [0.25, 0.3) is 0 Å². The quantitative estimate of drug-likeness (QED) is 0.472. The molecular weight excluding hydrogens is 458 g/mol. The zero-order valence-corrected chi connectivity index (χ0v) is 19.9. The molecule has 0 aliphatic rings. The summed E-state index contributed by atoms with van der Waals surface area (Å²) in [4.78, 5) is 12.4. The second-order valence-electron chi connectivity index (χ2n) is 7.06. The lowest BCUT2D eigenvalue weighted by molar-refractivity contribution is -0.119. The first-order chi connectivity index (χ1) is 15.8. The van der Waals surface area contributed by atoms with Crippen molar-refractivity contribution in [2.24, 2.45) is 0 Å². The molecule has 0 unspecified atom stereocenters. The van der Waals surface area contributed by atoms with Gasteiger partial charge in [0, 0.05) is 12.2 Å². The topological polar surface area (TPSA) is 87.7 Å². The van der Waals surface area contributed by atoms with Gasteiger partial charge in [0.05, 0.1) is 24.1 Å². The largest absolute Gasteiger partial charge is 0.497 e. The van der Waals surface area contributed by atoms with Crippen molar-refractivity contribution in [1.82, 2.24) is 5.32 Å². The van der Waals surface area contributed by atoms with Crippen LogP contribution in [0, 0.1) is 0 Å². The first kappa shape index (κ1) is 24.2. The Labute approximate surface area is 199 Å². The van der Waals surface area contributed by atoms with Gasteiger partial charge < -0.3 is 15.4 Å². The number of amides is 1. The minimum atomic E-state index is -3.71. The number of para-hydroxylation sites is 1. The summed E-state index contributed by atoms with van der Waals surface area (Å²) >= 11 is 5.21. The second-order valence-corrected chi connectivity index (χ2v) is 9.33. The number of nitrogens with one attached hydrogen (secondary N) is 2. The number of sulfonamides is 1. The summed E-state index contributed by atoms with van der Waals surface area (Å²) in [7, 11) is -2.13. The summed E-state index contributed by atoms with van der Waals surface area (Å²) in [5.74, 6) is 0.450. The predicted octanol–water partition coefficient (Wildman–Crippen LogP) is 3.97. The molecule has 0 heterocycles. The summed E-state index contributed by atoms with van der Waals surface area (Å²) in [6.45, 7) is 2.09. The standard InChI is InChI=1S/C24H25N3O4S2/c1-3-27(20-7-5-4-6-8-20)33(29,30)22-15-11-19(12-16-22)25-24(32)26-23(28)17-18-9-13-21(31-2)14-10-18/h4-16H,3,17H2,1-2H3,(H2,25,26,28,32). The van der Waals surface area contributed by atoms with Crippen LogP contribution in [0.5, 0.6) is 5.75 Å². The molecular formula is C24H25N3O4S2. The van der Waals surface area contributed by atoms with E-state index in [1.807, 2.05) is 18.2 Å². The van der Waals surface area contributed by atoms with Crippen molar-refractivity contribution in [3.05, 3.63) is 84.4 Å². The molecule has 33 heavy (non-hydrogen) atoms. The van der Waals surface area contributed by atoms with Crippen molar-refractivity contribution in [2.45, 2.75) is 18.2 Å². The Morgan fingerprint density at radius 3 is 2.18 bits per heavy atom. The van der Waals surface area contributed by atoms with Gasteiger partial charge in [0.2, 0.25) is 5.91 Å². The van der Waals surface area contributed by atoms with Crippen molar-refractivity contribution in [2.75, 3.05) is 23.3 Å². The van der Waals surface area contributed by atoms with Crippen LogP contribution in [-0.2, 0) is 21.2 Å². The molecule has 3 aromatic rings. The van der Waals surface area contributed by atoms with Gasteiger partial charge >= 0.3 is 0 Å². The predicted molar refractivity (Wildman–Crippen MR) is 134 cm³/mol. The Bertz CT molecular complexity index is 1200. The fourth-order valence-corrected chi connectivity index (χ4v) is 4.89. The maximum atomic E-state index is 13.1. The lowest BCUT2D eigenvalue weighted by Crippen LogP contribution is -2.35. The van der Waals surface area contributed by atoms with Crippen LogP contribution >= 0.6 is 12.2 Å². The normalized spacial score (nSPS) is 10.8. The Morgan fingerprint density at radius 2 is 1.61 bits per heavy atom. The van der Waals surface area contributed by atoms with Crippen molar-refractivity contribution in [3.63, 3.8) is 0 Å². The van der Waals surface area contributed by atoms with Gasteiger partial charge in [0.25, 0.3) is 10.0 Å². The van der Waals surface area contributed by atoms with E-state index >= 15 is 0 Å². The third kappa shape index (κ3) is 6.30. The molecule has 0 radical (unpaired) electrons. The molecule has 0 atom stereocenters. The lowest BCUT2D eigenvalue weighted by Gasteiger charge is -2.23. The fraction of sp³-hybridized carbons (Fsp3) is 0.167. The number of ether oxygens (including phenoxy) is 1. The summed E-state index contributed by atoms with van der Waals surface area (Å²) in [5.41, 5.74) is 1.99. The zero-order chi connectivity index (χ0) is 23.8. The minimum Gasteiger partial charge on any atom is -0.497 e. The van der Waals surface area contributed by atoms with Gasteiger partial charge in [-0.2, -0.15) is 0 Å². The average molecular weight is 484 g/mol. The molecule has 1 amide bonds. The molecule has 0 aliphatic carbocycles. The highest BCUT2D eigenvalue weighted by Crippen LogP contribution is 2.24. The van der Waals surface area contributed by atoms with E-state index in [2.05, 4.69) is 10.6 Å². The van der Waals surface area contributed by atoms with Crippen molar-refractivity contribution in [3.8, 4) is 5.75 Å². The fourth-order valence-electron chi connectivity index (χ4n) is 3.18. The molecule has 2 N–H and O–H groups in total. The number of hydrogen-bond donors (Lipinski definition) is 2. The molecule has 0 spiro atoms. The van der Waals surface area contributed by atoms with Gasteiger partial charge in [0.1, 0.15) is 5.75 Å². The summed E-state index contributed by atoms with van der Waals surface area (Å²) in [5, 5.41) is 5.65. The molecule has 9 heteroatoms. The summed E-state index contributed by atoms with van der Waals surface area (Å²) in [6, 6.07) is 22.3. The maximum Gasteiger partial charge on any atom is 0.264 e. The Morgan fingerprint density at radius 1 is 0.970 bits per heavy atom. The molecule has 0 aromatic heterocycles. The van der Waals surface area contributed by atoms with E-state index in [0.29, 0.717) is 23.7 Å². The highest BCUT2D eigenvalue weighted by atomic mass is 32.2. The number of anilines is 2. The number of thiocarbonyl (C=S) groups is 1. The molecule has 7 nitrogen and oxygen atoms in total. The minimum absolute atomic E-state index is 0.128. The lowest BCUT2D eigenvalue weighted by atomic mass is 10.1. The molecule has 0 saturated carbocycles. The molecule has 0 fully saturated rings. The van der Waals surface area contributed by atoms with Crippen LogP contribution in [-0.4, -0.2) is 33.1 Å². The Hall–Kier alpha value is -3.43. The van der Waals surface area contributed by atoms with Gasteiger partial charge in [-0.25, -0.2) is 8.42 Å². The highest BCUT2D eigenvalue weighted by molar-refractivity contribution is 7.92. The summed E-state index contributed by atoms with van der Waals surface area (Å²) < 4.78 is 32.6. The van der Waals surface area contributed by atoms with Gasteiger partial charge in [0.15, 0.2) is 5.11 Å². The SMILES string of the molecule is CCN(c1ccccc1)S(=O)(=O)c1ccc(NC(=S)NC(=O)Cc2ccc(OC)cc2)cc1. The Balaban J connectivity index is 1.61. The van der Waals surface area contributed by atoms with E-state index in [1.165, 1.54) is 16.4 Å². The van der Waals surface area contributed by atoms with Gasteiger partial charge in [-0.15, -0.1) is 0 Å². The van der Waals surface area contributed by atoms with E-state index in [-0.39, 0.29) is 22.3 Å². The van der Waals surface area contributed by atoms with E-state index in [1.54, 1.807) is 62.6 Å². The first-order valence-electron chi connectivity index (χ1n) is 10.2. The third-order valence-electron chi connectivity index (χ3n) is 4.81. The number of carbonyl (C=O) groups is 1. The monoisotopic (exact) mass is 483 g/mol. The van der Waals surface area contributed by atoms with Crippen molar-refractivity contribution in [1.29, 1.82) is 0 Å². The van der Waals surface area contributed by atoms with Crippen LogP contribution in [0.4, 0.5) is 11.4 Å². The van der Waals surface area contributed by atoms with Gasteiger partial charge in [-0.1, -0.05) is 30.3 Å². The summed E-state index contributed by atoms with van der Waals surface area (Å²) in [6.07, 6.45) is 0.162. The first-order valence-corrected chi connectivity index (χ1v) is 12.1. The van der Waals surface area contributed by atoms with E-state index in [9.17, 15) is 13.2 Å². The van der Waals surface area contributed by atoms with Crippen LogP contribution in [0.2, 0.25) is 0 Å². The van der Waals surface area contributed by atoms with E-state index in [0.717, 1.165) is 5.56 Å². The van der Waals surface area contributed by atoms with Crippen LogP contribution in [0.1, 0.15) is 12.5 Å². The molecule has 0 bridgehead atoms. The van der Waals surface area contributed by atoms with Crippen molar-refractivity contribution >= 4 is 44.6 Å². The van der Waals surface area contributed by atoms with Gasteiger partial charge in [-0.3, -0.25) is 9.10 Å². The Kier molecular flexibility index (Phi) is 8.02. The van der Waals surface area contributed by atoms with E-state index < -0.39 is 10.0 Å². The second kappa shape index (κ2) is 10.9. The number of hydrogen-bond acceptors (Lipinski definition) is 5. The number of benzene rings is 3. The number of methoxy groups -OCH3 is 1. The van der Waals surface area contributed by atoms with Crippen molar-refractivity contribution < 1.29 is 17.9 Å². The van der Waals surface area contributed by atoms with E-state index in [4.69, 9.17) is 17.0 Å². The van der Waals surface area contributed by atoms with Crippen LogP contribution in [0.15, 0.2) is 83.8 Å². The molecule has 0 aliphatic heterocycles. The molecule has 0 saturated heterocycles. The zero-order valence-electron chi connectivity index (χ0n) is 18.3. The molecule has 172 valence electrons. The number of nitrogens with zero attached hydrogens (tertiary/aromatic N) is 1. The highest BCUT2D eigenvalue weighted by Gasteiger charge is 2.23. The number of rotatable bonds is 8. The molecule has 3 aromatic carbocycles. The number of carbonyl (C=O) groups excluding carboxylic acids is 1. The smallest absolute Gasteiger partial charge is 0.264 e. The third-order valence-corrected chi connectivity index (χ3v) is 6.93. The maximum absolute atomic E-state index is 13.1.